The first-order valence-electron chi connectivity index (χ1n) is 10.8. The van der Waals surface area contributed by atoms with Crippen LogP contribution in [0.4, 0.5) is 0 Å². The lowest BCUT2D eigenvalue weighted by molar-refractivity contribution is -0.139. The zero-order valence-electron chi connectivity index (χ0n) is 19.1. The number of allylic oxidation sites excluding steroid dienone is 1. The van der Waals surface area contributed by atoms with E-state index in [0.29, 0.717) is 38.0 Å². The highest BCUT2D eigenvalue weighted by Crippen LogP contribution is 2.34. The van der Waals surface area contributed by atoms with Crippen LogP contribution in [0.25, 0.3) is 6.08 Å². The predicted octanol–water partition coefficient (Wildman–Crippen LogP) is 5.38. The van der Waals surface area contributed by atoms with Crippen molar-refractivity contribution in [3.05, 3.63) is 92.5 Å². The van der Waals surface area contributed by atoms with Gasteiger partial charge in [0.05, 0.1) is 39.5 Å². The Morgan fingerprint density at radius 2 is 1.91 bits per heavy atom. The van der Waals surface area contributed by atoms with Crippen molar-refractivity contribution in [3.63, 3.8) is 0 Å². The van der Waals surface area contributed by atoms with Crippen molar-refractivity contribution < 1.29 is 14.3 Å². The van der Waals surface area contributed by atoms with Gasteiger partial charge in [-0.15, -0.1) is 0 Å². The number of benzene rings is 2. The molecule has 0 saturated heterocycles. The monoisotopic (exact) mass is 638 g/mol. The van der Waals surface area contributed by atoms with E-state index in [9.17, 15) is 9.59 Å². The van der Waals surface area contributed by atoms with Gasteiger partial charge in [-0.25, -0.2) is 9.79 Å². The number of hydrogen-bond acceptors (Lipinski definition) is 6. The summed E-state index contributed by atoms with van der Waals surface area (Å²) in [6.45, 7) is 6.08. The molecule has 1 aromatic heterocycles. The highest BCUT2D eigenvalue weighted by molar-refractivity contribution is 9.11. The summed E-state index contributed by atoms with van der Waals surface area (Å²) < 4.78 is 14.8. The minimum absolute atomic E-state index is 0.214. The molecule has 3 aromatic rings. The summed E-state index contributed by atoms with van der Waals surface area (Å²) in [6.07, 6.45) is 1.78. The Kier molecular flexibility index (Phi) is 8.00. The molecule has 0 aliphatic carbocycles. The molecule has 6 nitrogen and oxygen atoms in total. The van der Waals surface area contributed by atoms with Crippen molar-refractivity contribution in [2.45, 2.75) is 26.8 Å². The second-order valence-corrected chi connectivity index (χ2v) is 10.8. The van der Waals surface area contributed by atoms with Crippen LogP contribution >= 0.6 is 54.8 Å². The van der Waals surface area contributed by atoms with Crippen molar-refractivity contribution in [3.8, 4) is 5.75 Å². The van der Waals surface area contributed by atoms with Gasteiger partial charge in [0.15, 0.2) is 4.80 Å². The Bertz CT molecular complexity index is 1510. The van der Waals surface area contributed by atoms with Crippen LogP contribution in [0.2, 0.25) is 5.02 Å². The van der Waals surface area contributed by atoms with Crippen molar-refractivity contribution >= 4 is 66.8 Å². The molecule has 0 unspecified atom stereocenters. The predicted molar refractivity (Wildman–Crippen MR) is 145 cm³/mol. The van der Waals surface area contributed by atoms with Gasteiger partial charge in [-0.3, -0.25) is 9.36 Å². The minimum Gasteiger partial charge on any atom is -0.492 e. The van der Waals surface area contributed by atoms with Crippen LogP contribution in [-0.2, 0) is 9.53 Å². The van der Waals surface area contributed by atoms with E-state index >= 15 is 0 Å². The number of carbonyl (C=O) groups is 1. The zero-order valence-corrected chi connectivity index (χ0v) is 23.8. The van der Waals surface area contributed by atoms with E-state index in [1.165, 1.54) is 11.3 Å². The quantitative estimate of drug-likeness (QED) is 0.340. The summed E-state index contributed by atoms with van der Waals surface area (Å²) in [6, 6.07) is 10.2. The molecule has 1 atom stereocenters. The number of esters is 1. The molecule has 0 bridgehead atoms. The lowest BCUT2D eigenvalue weighted by Crippen LogP contribution is -2.39. The van der Waals surface area contributed by atoms with E-state index in [-0.39, 0.29) is 12.2 Å². The van der Waals surface area contributed by atoms with E-state index in [4.69, 9.17) is 21.1 Å². The lowest BCUT2D eigenvalue weighted by Gasteiger charge is -2.24. The molecule has 35 heavy (non-hydrogen) atoms. The molecule has 182 valence electrons. The van der Waals surface area contributed by atoms with Crippen LogP contribution in [0, 0.1) is 0 Å². The summed E-state index contributed by atoms with van der Waals surface area (Å²) in [7, 11) is 0. The first kappa shape index (κ1) is 25.9. The molecule has 0 amide bonds. The Labute approximate surface area is 227 Å². The van der Waals surface area contributed by atoms with E-state index in [1.54, 1.807) is 48.8 Å². The molecule has 10 heteroatoms. The number of carbonyl (C=O) groups excluding carboxylic acids is 1. The van der Waals surface area contributed by atoms with Gasteiger partial charge >= 0.3 is 5.97 Å². The number of halogens is 3. The lowest BCUT2D eigenvalue weighted by atomic mass is 9.96. The zero-order chi connectivity index (χ0) is 25.3. The summed E-state index contributed by atoms with van der Waals surface area (Å²) in [4.78, 5) is 31.8. The average Bonchev–Trinajstić information content (AvgIpc) is 3.10. The summed E-state index contributed by atoms with van der Waals surface area (Å²) in [5, 5.41) is 0.559. The van der Waals surface area contributed by atoms with Gasteiger partial charge in [0.2, 0.25) is 0 Å². The molecule has 4 rings (SSSR count). The molecule has 1 aliphatic rings. The van der Waals surface area contributed by atoms with E-state index in [1.807, 2.05) is 19.1 Å². The maximum absolute atomic E-state index is 13.8. The molecule has 0 N–H and O–H groups in total. The van der Waals surface area contributed by atoms with Gasteiger partial charge in [0.25, 0.3) is 5.56 Å². The van der Waals surface area contributed by atoms with Crippen LogP contribution in [0.5, 0.6) is 5.75 Å². The molecule has 0 radical (unpaired) electrons. The fourth-order valence-corrected chi connectivity index (χ4v) is 6.41. The fraction of sp³-hybridized carbons (Fsp3) is 0.240. The van der Waals surface area contributed by atoms with Crippen molar-refractivity contribution in [2.24, 2.45) is 4.99 Å². The molecule has 0 fully saturated rings. The molecule has 2 heterocycles. The van der Waals surface area contributed by atoms with Crippen LogP contribution in [0.15, 0.2) is 66.4 Å². The third kappa shape index (κ3) is 5.18. The smallest absolute Gasteiger partial charge is 0.338 e. The van der Waals surface area contributed by atoms with Crippen molar-refractivity contribution in [1.82, 2.24) is 4.57 Å². The fourth-order valence-electron chi connectivity index (χ4n) is 3.88. The van der Waals surface area contributed by atoms with Gasteiger partial charge in [0.1, 0.15) is 5.75 Å². The van der Waals surface area contributed by atoms with E-state index < -0.39 is 12.0 Å². The third-order valence-electron chi connectivity index (χ3n) is 5.32. The summed E-state index contributed by atoms with van der Waals surface area (Å²) >= 11 is 14.4. The number of ether oxygens (including phenoxy) is 2. The highest BCUT2D eigenvalue weighted by Gasteiger charge is 2.33. The standard InChI is InChI=1S/C25H21Br2ClN2O4S/c1-4-33-22-15(10-16(26)12-18(22)27)11-19-23(31)30-21(14-6-8-17(28)9-7-14)20(24(32)34-5-2)13(3)29-25(30)35-19/h6-12,21H,4-5H2,1-3H3/b19-11-/t21-/m1/s1. The van der Waals surface area contributed by atoms with Crippen LogP contribution < -0.4 is 19.6 Å². The number of nitrogens with zero attached hydrogens (tertiary/aromatic N) is 2. The number of thiazole rings is 1. The van der Waals surface area contributed by atoms with Crippen LogP contribution in [0.1, 0.15) is 37.9 Å². The molecule has 1 aliphatic heterocycles. The molecule has 0 spiro atoms. The van der Waals surface area contributed by atoms with Crippen LogP contribution in [-0.4, -0.2) is 23.8 Å². The molecule has 0 saturated carbocycles. The summed E-state index contributed by atoms with van der Waals surface area (Å²) in [5.74, 6) is 0.136. The van der Waals surface area contributed by atoms with Gasteiger partial charge in [0, 0.05) is 15.1 Å². The molecular weight excluding hydrogens is 620 g/mol. The van der Waals surface area contributed by atoms with Gasteiger partial charge in [-0.1, -0.05) is 51.0 Å². The molecular formula is C25H21Br2ClN2O4S. The molecule has 2 aromatic carbocycles. The average molecular weight is 641 g/mol. The second kappa shape index (κ2) is 10.8. The minimum atomic E-state index is -0.690. The normalized spacial score (nSPS) is 15.6. The van der Waals surface area contributed by atoms with Gasteiger partial charge in [-0.05, 0) is 72.6 Å². The van der Waals surface area contributed by atoms with E-state index in [0.717, 1.165) is 20.1 Å². The second-order valence-electron chi connectivity index (χ2n) is 7.59. The first-order chi connectivity index (χ1) is 16.7. The first-order valence-corrected chi connectivity index (χ1v) is 13.6. The summed E-state index contributed by atoms with van der Waals surface area (Å²) in [5.41, 5.74) is 2.05. The number of hydrogen-bond donors (Lipinski definition) is 0. The topological polar surface area (TPSA) is 69.9 Å². The van der Waals surface area contributed by atoms with Gasteiger partial charge < -0.3 is 9.47 Å². The maximum atomic E-state index is 13.8. The highest BCUT2D eigenvalue weighted by atomic mass is 79.9. The van der Waals surface area contributed by atoms with Crippen LogP contribution in [0.3, 0.4) is 0 Å². The maximum Gasteiger partial charge on any atom is 0.338 e. The number of rotatable bonds is 6. The Balaban J connectivity index is 1.97. The Hall–Kier alpha value is -2.20. The van der Waals surface area contributed by atoms with E-state index in [2.05, 4.69) is 36.9 Å². The number of fused-ring (bicyclic) bond motifs is 1. The van der Waals surface area contributed by atoms with Gasteiger partial charge in [-0.2, -0.15) is 0 Å². The number of aromatic nitrogens is 1. The van der Waals surface area contributed by atoms with Crippen molar-refractivity contribution in [1.29, 1.82) is 0 Å². The SMILES string of the molecule is CCOC(=O)C1=C(C)N=c2s/c(=C\c3cc(Br)cc(Br)c3OCC)c(=O)n2[C@@H]1c1ccc(Cl)cc1. The largest absolute Gasteiger partial charge is 0.492 e. The Morgan fingerprint density at radius 3 is 2.57 bits per heavy atom. The Morgan fingerprint density at radius 1 is 1.20 bits per heavy atom. The van der Waals surface area contributed by atoms with Crippen molar-refractivity contribution in [2.75, 3.05) is 13.2 Å². The third-order valence-corrected chi connectivity index (χ3v) is 7.60.